The molecule has 0 unspecified atom stereocenters. The van der Waals surface area contributed by atoms with Gasteiger partial charge in [0, 0.05) is 11.1 Å². The van der Waals surface area contributed by atoms with Crippen molar-refractivity contribution in [3.8, 4) is 0 Å². The first-order chi connectivity index (χ1) is 9.04. The van der Waals surface area contributed by atoms with E-state index in [9.17, 15) is 14.0 Å². The van der Waals surface area contributed by atoms with Crippen molar-refractivity contribution >= 4 is 34.0 Å². The van der Waals surface area contributed by atoms with Crippen LogP contribution in [0, 0.1) is 12.7 Å². The van der Waals surface area contributed by atoms with Gasteiger partial charge in [-0.05, 0) is 31.2 Å². The Morgan fingerprint density at radius 2 is 1.79 bits per heavy atom. The average Bonchev–Trinajstić information content (AvgIpc) is 2.77. The topological polar surface area (TPSA) is 71.1 Å². The average molecular weight is 279 g/mol. The van der Waals surface area contributed by atoms with E-state index in [2.05, 4.69) is 15.6 Å². The highest BCUT2D eigenvalue weighted by atomic mass is 32.1. The fourth-order valence-corrected chi connectivity index (χ4v) is 1.97. The summed E-state index contributed by atoms with van der Waals surface area (Å²) in [5.74, 6) is -2.07. The van der Waals surface area contributed by atoms with Crippen LogP contribution in [0.25, 0.3) is 0 Å². The second-order valence-corrected chi connectivity index (χ2v) is 4.57. The van der Waals surface area contributed by atoms with Crippen molar-refractivity contribution in [1.29, 1.82) is 0 Å². The van der Waals surface area contributed by atoms with Crippen molar-refractivity contribution in [3.63, 3.8) is 0 Å². The van der Waals surface area contributed by atoms with Crippen molar-refractivity contribution in [1.82, 2.24) is 4.98 Å². The molecule has 1 aromatic heterocycles. The predicted octanol–water partition coefficient (Wildman–Crippen LogP) is 2.17. The second kappa shape index (κ2) is 5.57. The van der Waals surface area contributed by atoms with Crippen LogP contribution in [0.3, 0.4) is 0 Å². The van der Waals surface area contributed by atoms with Gasteiger partial charge in [-0.2, -0.15) is 0 Å². The Balaban J connectivity index is 1.96. The molecule has 19 heavy (non-hydrogen) atoms. The molecule has 0 aliphatic heterocycles. The van der Waals surface area contributed by atoms with Gasteiger partial charge in [-0.1, -0.05) is 0 Å². The molecule has 2 rings (SSSR count). The smallest absolute Gasteiger partial charge is 0.315 e. The molecule has 0 spiro atoms. The highest BCUT2D eigenvalue weighted by Gasteiger charge is 2.15. The van der Waals surface area contributed by atoms with E-state index in [0.717, 1.165) is 5.69 Å². The number of carbonyl (C=O) groups excluding carboxylic acids is 2. The van der Waals surface area contributed by atoms with Crippen LogP contribution in [-0.4, -0.2) is 16.8 Å². The summed E-state index contributed by atoms with van der Waals surface area (Å²) in [6.45, 7) is 1.78. The van der Waals surface area contributed by atoms with E-state index in [1.54, 1.807) is 12.3 Å². The molecule has 0 bridgehead atoms. The van der Waals surface area contributed by atoms with E-state index in [0.29, 0.717) is 10.8 Å². The van der Waals surface area contributed by atoms with Gasteiger partial charge in [0.1, 0.15) is 5.82 Å². The third-order valence-electron chi connectivity index (χ3n) is 2.15. The number of nitrogens with zero attached hydrogens (tertiary/aromatic N) is 1. The zero-order chi connectivity index (χ0) is 13.8. The molecule has 5 nitrogen and oxygen atoms in total. The van der Waals surface area contributed by atoms with Crippen LogP contribution < -0.4 is 10.6 Å². The molecule has 2 N–H and O–H groups in total. The van der Waals surface area contributed by atoms with Gasteiger partial charge in [0.25, 0.3) is 0 Å². The number of aromatic nitrogens is 1. The van der Waals surface area contributed by atoms with Crippen LogP contribution in [0.15, 0.2) is 29.6 Å². The molecule has 0 saturated heterocycles. The van der Waals surface area contributed by atoms with Crippen LogP contribution in [-0.2, 0) is 9.59 Å². The monoisotopic (exact) mass is 279 g/mol. The minimum absolute atomic E-state index is 0.344. The lowest BCUT2D eigenvalue weighted by Gasteiger charge is -2.04. The first kappa shape index (κ1) is 13.2. The Kier molecular flexibility index (Phi) is 3.86. The zero-order valence-corrected chi connectivity index (χ0v) is 10.8. The predicted molar refractivity (Wildman–Crippen MR) is 70.5 cm³/mol. The Morgan fingerprint density at radius 1 is 1.16 bits per heavy atom. The van der Waals surface area contributed by atoms with E-state index in [-0.39, 0.29) is 0 Å². The summed E-state index contributed by atoms with van der Waals surface area (Å²) in [6, 6.07) is 5.12. The number of carbonyl (C=O) groups is 2. The van der Waals surface area contributed by atoms with Crippen LogP contribution >= 0.6 is 11.3 Å². The Morgan fingerprint density at radius 3 is 2.37 bits per heavy atom. The molecule has 0 saturated carbocycles. The molecule has 0 aliphatic carbocycles. The molecule has 1 aromatic carbocycles. The quantitative estimate of drug-likeness (QED) is 0.828. The van der Waals surface area contributed by atoms with Crippen molar-refractivity contribution in [2.75, 3.05) is 10.6 Å². The van der Waals surface area contributed by atoms with Gasteiger partial charge in [0.15, 0.2) is 5.13 Å². The van der Waals surface area contributed by atoms with Crippen LogP contribution in [0.1, 0.15) is 5.69 Å². The lowest BCUT2D eigenvalue weighted by molar-refractivity contribution is -0.132. The number of hydrogen-bond donors (Lipinski definition) is 2. The van der Waals surface area contributed by atoms with E-state index in [1.807, 2.05) is 0 Å². The van der Waals surface area contributed by atoms with Crippen molar-refractivity contribution < 1.29 is 14.0 Å². The van der Waals surface area contributed by atoms with E-state index >= 15 is 0 Å². The molecular weight excluding hydrogens is 269 g/mol. The summed E-state index contributed by atoms with van der Waals surface area (Å²) in [5, 5.41) is 6.85. The van der Waals surface area contributed by atoms with Gasteiger partial charge in [0.2, 0.25) is 0 Å². The summed E-state index contributed by atoms with van der Waals surface area (Å²) < 4.78 is 12.7. The number of rotatable bonds is 2. The summed E-state index contributed by atoms with van der Waals surface area (Å²) in [7, 11) is 0. The van der Waals surface area contributed by atoms with Gasteiger partial charge in [-0.25, -0.2) is 9.37 Å². The number of nitrogens with one attached hydrogen (secondary N) is 2. The number of amides is 2. The standard InChI is InChI=1S/C12H10FN3O2S/c1-7-6-19-12(14-7)16-11(18)10(17)15-9-4-2-8(13)3-5-9/h2-6H,1H3,(H,15,17)(H,14,16,18). The summed E-state index contributed by atoms with van der Waals surface area (Å²) in [6.07, 6.45) is 0. The molecule has 0 atom stereocenters. The number of hydrogen-bond acceptors (Lipinski definition) is 4. The van der Waals surface area contributed by atoms with Crippen LogP contribution in [0.4, 0.5) is 15.2 Å². The fourth-order valence-electron chi connectivity index (χ4n) is 1.29. The number of thiazole rings is 1. The minimum atomic E-state index is -0.834. The zero-order valence-electron chi connectivity index (χ0n) is 9.94. The first-order valence-electron chi connectivity index (χ1n) is 5.34. The molecule has 1 heterocycles. The Bertz CT molecular complexity index is 610. The second-order valence-electron chi connectivity index (χ2n) is 3.71. The van der Waals surface area contributed by atoms with Gasteiger partial charge in [-0.3, -0.25) is 14.9 Å². The third kappa shape index (κ3) is 3.59. The molecule has 0 fully saturated rings. The lowest BCUT2D eigenvalue weighted by Crippen LogP contribution is -2.29. The number of anilines is 2. The van der Waals surface area contributed by atoms with Gasteiger partial charge in [0.05, 0.1) is 5.69 Å². The number of aryl methyl sites for hydroxylation is 1. The maximum atomic E-state index is 12.7. The summed E-state index contributed by atoms with van der Waals surface area (Å²) in [4.78, 5) is 27.1. The molecule has 2 aromatic rings. The van der Waals surface area contributed by atoms with Gasteiger partial charge < -0.3 is 5.32 Å². The van der Waals surface area contributed by atoms with Gasteiger partial charge >= 0.3 is 11.8 Å². The van der Waals surface area contributed by atoms with E-state index < -0.39 is 17.6 Å². The number of benzene rings is 1. The van der Waals surface area contributed by atoms with Gasteiger partial charge in [-0.15, -0.1) is 11.3 Å². The van der Waals surface area contributed by atoms with Crippen molar-refractivity contribution in [2.24, 2.45) is 0 Å². The molecule has 7 heteroatoms. The summed E-state index contributed by atoms with van der Waals surface area (Å²) in [5.41, 5.74) is 1.11. The largest absolute Gasteiger partial charge is 0.318 e. The minimum Gasteiger partial charge on any atom is -0.318 e. The highest BCUT2D eigenvalue weighted by molar-refractivity contribution is 7.14. The molecule has 98 valence electrons. The summed E-state index contributed by atoms with van der Waals surface area (Å²) >= 11 is 1.23. The highest BCUT2D eigenvalue weighted by Crippen LogP contribution is 2.14. The molecule has 2 amide bonds. The Hall–Kier alpha value is -2.28. The molecule has 0 aliphatic rings. The fraction of sp³-hybridized carbons (Fsp3) is 0.0833. The third-order valence-corrected chi connectivity index (χ3v) is 3.02. The maximum absolute atomic E-state index is 12.7. The molecule has 0 radical (unpaired) electrons. The van der Waals surface area contributed by atoms with Crippen LogP contribution in [0.5, 0.6) is 0 Å². The lowest BCUT2D eigenvalue weighted by atomic mass is 10.3. The van der Waals surface area contributed by atoms with E-state index in [1.165, 1.54) is 35.6 Å². The number of halogens is 1. The normalized spacial score (nSPS) is 10.0. The maximum Gasteiger partial charge on any atom is 0.315 e. The van der Waals surface area contributed by atoms with E-state index in [4.69, 9.17) is 0 Å². The first-order valence-corrected chi connectivity index (χ1v) is 6.22. The van der Waals surface area contributed by atoms with Crippen LogP contribution in [0.2, 0.25) is 0 Å². The van der Waals surface area contributed by atoms with Crippen molar-refractivity contribution in [3.05, 3.63) is 41.2 Å². The molecular formula is C12H10FN3O2S. The van der Waals surface area contributed by atoms with Crippen molar-refractivity contribution in [2.45, 2.75) is 6.92 Å². The Labute approximate surface area is 112 Å². The SMILES string of the molecule is Cc1csc(NC(=O)C(=O)Nc2ccc(F)cc2)n1.